The summed E-state index contributed by atoms with van der Waals surface area (Å²) in [5.74, 6) is -4.50. The maximum absolute atomic E-state index is 15.1. The zero-order valence-corrected chi connectivity index (χ0v) is 58.5. The molecular formula is C76H70F7N15O7. The number of nitrogens with zero attached hydrogens (tertiary/aromatic N) is 12. The van der Waals surface area contributed by atoms with E-state index in [0.717, 1.165) is 52.1 Å². The summed E-state index contributed by atoms with van der Waals surface area (Å²) in [5.41, 5.74) is 5.35. The normalized spacial score (nSPS) is 14.9. The Hall–Kier alpha value is -12.3. The van der Waals surface area contributed by atoms with Crippen LogP contribution in [0.4, 0.5) is 48.2 Å². The highest BCUT2D eigenvalue weighted by Crippen LogP contribution is 2.41. The van der Waals surface area contributed by atoms with E-state index in [-0.39, 0.29) is 80.7 Å². The van der Waals surface area contributed by atoms with Gasteiger partial charge in [-0.05, 0) is 75.4 Å². The largest absolute Gasteiger partial charge is 0.493 e. The van der Waals surface area contributed by atoms with Crippen molar-refractivity contribution < 1.29 is 64.1 Å². The Bertz CT molecular complexity index is 5390. The average molecular weight is 1440 g/mol. The predicted molar refractivity (Wildman–Crippen MR) is 379 cm³/mol. The second kappa shape index (κ2) is 29.2. The number of anilines is 3. The predicted octanol–water partition coefficient (Wildman–Crippen LogP) is 13.1. The Kier molecular flexibility index (Phi) is 19.8. The molecule has 6 aromatic heterocycles. The molecule has 29 heteroatoms. The number of fused-ring (bicyclic) bond motifs is 6. The molecule has 105 heavy (non-hydrogen) atoms. The van der Waals surface area contributed by atoms with Gasteiger partial charge in [0.15, 0.2) is 46.0 Å². The highest BCUT2D eigenvalue weighted by molar-refractivity contribution is 6.02. The summed E-state index contributed by atoms with van der Waals surface area (Å²) in [5, 5.41) is 22.7. The van der Waals surface area contributed by atoms with E-state index in [1.54, 1.807) is 77.8 Å². The summed E-state index contributed by atoms with van der Waals surface area (Å²) in [4.78, 5) is 58.6. The monoisotopic (exact) mass is 1440 g/mol. The van der Waals surface area contributed by atoms with Crippen LogP contribution in [0.15, 0.2) is 134 Å². The number of aromatic nitrogens is 9. The number of rotatable bonds is 13. The lowest BCUT2D eigenvalue weighted by atomic mass is 10.0. The van der Waals surface area contributed by atoms with E-state index in [9.17, 15) is 40.7 Å². The van der Waals surface area contributed by atoms with Crippen LogP contribution in [-0.4, -0.2) is 131 Å². The Morgan fingerprint density at radius 1 is 0.419 bits per heavy atom. The van der Waals surface area contributed by atoms with Gasteiger partial charge in [0.25, 0.3) is 17.7 Å². The maximum atomic E-state index is 15.1. The van der Waals surface area contributed by atoms with Crippen LogP contribution in [0.25, 0.3) is 50.3 Å². The number of nitrogens with one attached hydrogen (secondary N) is 3. The molecule has 15 rings (SSSR count). The van der Waals surface area contributed by atoms with Crippen LogP contribution in [0.5, 0.6) is 23.0 Å². The molecule has 0 radical (unpaired) electrons. The molecule has 3 amide bonds. The van der Waals surface area contributed by atoms with Gasteiger partial charge in [-0.1, -0.05) is 60.7 Å². The number of methoxy groups -OCH3 is 1. The molecule has 0 saturated carbocycles. The van der Waals surface area contributed by atoms with Crippen molar-refractivity contribution in [3.63, 3.8) is 0 Å². The number of aryl methyl sites for hydroxylation is 3. The number of halogens is 7. The number of carbonyl (C=O) groups excluding carboxylic acids is 3. The smallest absolute Gasteiger partial charge is 0.257 e. The van der Waals surface area contributed by atoms with E-state index in [2.05, 4.69) is 46.2 Å². The molecule has 6 aromatic carbocycles. The van der Waals surface area contributed by atoms with Crippen LogP contribution in [0, 0.1) is 61.5 Å². The van der Waals surface area contributed by atoms with Gasteiger partial charge in [0.2, 0.25) is 0 Å². The van der Waals surface area contributed by atoms with E-state index in [0.29, 0.717) is 90.3 Å². The van der Waals surface area contributed by atoms with Crippen molar-refractivity contribution in [3.05, 3.63) is 225 Å². The lowest BCUT2D eigenvalue weighted by Crippen LogP contribution is -2.33. The summed E-state index contributed by atoms with van der Waals surface area (Å²) >= 11 is 0. The number of hydrogen-bond donors (Lipinski definition) is 3. The van der Waals surface area contributed by atoms with Crippen LogP contribution >= 0.6 is 0 Å². The molecule has 3 atom stereocenters. The summed E-state index contributed by atoms with van der Waals surface area (Å²) in [6.07, 6.45) is 6.08. The molecule has 0 fully saturated rings. The molecule has 540 valence electrons. The zero-order chi connectivity index (χ0) is 74.4. The molecule has 12 aromatic rings. The number of benzene rings is 6. The summed E-state index contributed by atoms with van der Waals surface area (Å²) in [7, 11) is 11.8. The Labute approximate surface area is 597 Å². The minimum absolute atomic E-state index is 0.0212. The number of ether oxygens (including phenoxy) is 4. The molecule has 0 bridgehead atoms. The van der Waals surface area contributed by atoms with E-state index in [1.807, 2.05) is 72.8 Å². The maximum Gasteiger partial charge on any atom is 0.257 e. The highest BCUT2D eigenvalue weighted by Gasteiger charge is 2.34. The van der Waals surface area contributed by atoms with E-state index >= 15 is 4.39 Å². The average Bonchev–Trinajstić information content (AvgIpc) is 1.62. The Balaban J connectivity index is 0.000000140. The first kappa shape index (κ1) is 71.1. The lowest BCUT2D eigenvalue weighted by Gasteiger charge is -2.27. The standard InChI is InChI=1S/C26H25F2N5O3.C25H22F3N5O2.C25H23F2N5O2/c1-14-21(16-9-10-18(27)23(35-4)22(16)28)24-29-13-17(26(32(2)3)33(24)31-14)25(34)30-19-11-12-36-20-8-6-5-7-15(19)20;1-13-20(21-16(26)8-9-17(27)22(21)28)23-29-12-15(25(32(2)3)33(23)31-13)24(34)30-18-10-11-35-19-7-5-4-6-14(18)19;1-14-21(22-17(26)8-6-9-18(22)27)23-28-13-16(25(31(2)3)32(23)30-14)24(33)29-19-11-12-34-20-10-5-4-7-15(19)20/h5-10,13,19H,11-12H2,1-4H3,(H,30,34);4-9,12,18H,10-11H2,1-3H3,(H,30,34);4-10,13,19H,11-12H2,1-3H3,(H,29,33)/t19-;18-;19-/m000/s1. The molecule has 9 heterocycles. The second-order valence-electron chi connectivity index (χ2n) is 25.6. The minimum atomic E-state index is -1.32. The first-order chi connectivity index (χ1) is 50.4. The minimum Gasteiger partial charge on any atom is -0.493 e. The zero-order valence-electron chi connectivity index (χ0n) is 58.5. The molecule has 0 unspecified atom stereocenters. The number of hydrogen-bond acceptors (Lipinski definition) is 16. The number of amides is 3. The molecular weight excluding hydrogens is 1370 g/mol. The van der Waals surface area contributed by atoms with Crippen molar-refractivity contribution in [2.24, 2.45) is 0 Å². The highest BCUT2D eigenvalue weighted by atomic mass is 19.2. The van der Waals surface area contributed by atoms with Gasteiger partial charge in [0.05, 0.1) is 90.0 Å². The molecule has 0 aliphatic carbocycles. The Morgan fingerprint density at radius 2 is 0.762 bits per heavy atom. The van der Waals surface area contributed by atoms with E-state index in [1.165, 1.54) is 63.5 Å². The fourth-order valence-corrected chi connectivity index (χ4v) is 13.5. The van der Waals surface area contributed by atoms with Crippen LogP contribution in [0.1, 0.15) is 102 Å². The van der Waals surface area contributed by atoms with Gasteiger partial charge in [-0.2, -0.15) is 28.8 Å². The topological polar surface area (TPSA) is 225 Å². The van der Waals surface area contributed by atoms with E-state index in [4.69, 9.17) is 18.9 Å². The molecule has 3 N–H and O–H groups in total. The third-order valence-electron chi connectivity index (χ3n) is 18.2. The van der Waals surface area contributed by atoms with Gasteiger partial charge in [-0.3, -0.25) is 14.4 Å². The third-order valence-corrected chi connectivity index (χ3v) is 18.2. The van der Waals surface area contributed by atoms with Gasteiger partial charge >= 0.3 is 0 Å². The number of carbonyl (C=O) groups is 3. The lowest BCUT2D eigenvalue weighted by molar-refractivity contribution is 0.0915. The van der Waals surface area contributed by atoms with Crippen molar-refractivity contribution in [1.29, 1.82) is 0 Å². The molecule has 0 saturated heterocycles. The second-order valence-corrected chi connectivity index (χ2v) is 25.6. The molecule has 3 aliphatic rings. The molecule has 0 spiro atoms. The van der Waals surface area contributed by atoms with Crippen molar-refractivity contribution >= 4 is 52.1 Å². The quantitative estimate of drug-likeness (QED) is 0.0721. The van der Waals surface area contributed by atoms with Crippen molar-refractivity contribution in [2.45, 2.75) is 58.2 Å². The van der Waals surface area contributed by atoms with Gasteiger partial charge in [0, 0.05) is 102 Å². The van der Waals surface area contributed by atoms with Gasteiger partial charge in [0.1, 0.15) is 68.8 Å². The fraction of sp³-hybridized carbons (Fsp3) is 0.250. The Morgan fingerprint density at radius 3 is 1.15 bits per heavy atom. The van der Waals surface area contributed by atoms with Crippen molar-refractivity contribution in [1.82, 2.24) is 59.7 Å². The summed E-state index contributed by atoms with van der Waals surface area (Å²) in [6.45, 7) is 6.37. The first-order valence-corrected chi connectivity index (χ1v) is 33.3. The number of para-hydroxylation sites is 3. The molecule has 3 aliphatic heterocycles. The summed E-state index contributed by atoms with van der Waals surface area (Å²) < 4.78 is 128. The van der Waals surface area contributed by atoms with Gasteiger partial charge in [-0.15, -0.1) is 0 Å². The fourth-order valence-electron chi connectivity index (χ4n) is 13.5. The first-order valence-electron chi connectivity index (χ1n) is 33.3. The SMILES string of the molecule is COc1c(F)ccc(-c2c(C)nn3c(N(C)C)c(C(=O)N[C@H]4CCOc5ccccc54)cnc23)c1F.Cc1nn2c(N(C)C)c(C(=O)N[C@H]3CCOc4ccccc43)cnc2c1-c1c(F)ccc(F)c1F.Cc1nn2c(N(C)C)c(C(=O)N[C@H]3CCOc4ccccc43)cnc2c1-c1c(F)cccc1F. The van der Waals surface area contributed by atoms with Crippen molar-refractivity contribution in [3.8, 4) is 56.4 Å². The van der Waals surface area contributed by atoms with E-state index < -0.39 is 52.0 Å². The van der Waals surface area contributed by atoms with Crippen LogP contribution in [-0.2, 0) is 0 Å². The van der Waals surface area contributed by atoms with Crippen molar-refractivity contribution in [2.75, 3.05) is 83.9 Å². The van der Waals surface area contributed by atoms with Crippen LogP contribution in [0.3, 0.4) is 0 Å². The third kappa shape index (κ3) is 13.3. The summed E-state index contributed by atoms with van der Waals surface area (Å²) in [6, 6.07) is 29.8. The molecule has 22 nitrogen and oxygen atoms in total. The van der Waals surface area contributed by atoms with Gasteiger partial charge < -0.3 is 49.6 Å². The van der Waals surface area contributed by atoms with Gasteiger partial charge in [-0.25, -0.2) is 45.7 Å². The van der Waals surface area contributed by atoms with Crippen LogP contribution < -0.4 is 49.6 Å². The van der Waals surface area contributed by atoms with Crippen LogP contribution in [0.2, 0.25) is 0 Å².